The van der Waals surface area contributed by atoms with Crippen molar-refractivity contribution in [3.63, 3.8) is 0 Å². The van der Waals surface area contributed by atoms with Crippen molar-refractivity contribution in [2.24, 2.45) is 0 Å². The number of amides is 1. The average molecular weight is 370 g/mol. The standard InChI is InChI=1S/C21H26N2O4/c1-14-13-19(15(2)26-14)21(25)27-16(3)20(24)22-17-7-9-18(10-8-17)23-11-5-4-6-12-23/h7-10,13,16H,4-6,11-12H2,1-3H3,(H,22,24)/t16-/m0/s1. The SMILES string of the molecule is Cc1cc(C(=O)O[C@@H](C)C(=O)Nc2ccc(N3CCCCC3)cc2)c(C)o1. The number of aryl methyl sites for hydroxylation is 2. The van der Waals surface area contributed by atoms with Gasteiger partial charge in [0.1, 0.15) is 17.1 Å². The molecule has 0 bridgehead atoms. The molecule has 6 heteroatoms. The van der Waals surface area contributed by atoms with E-state index in [1.165, 1.54) is 19.3 Å². The van der Waals surface area contributed by atoms with Crippen molar-refractivity contribution in [3.8, 4) is 0 Å². The molecule has 0 saturated carbocycles. The lowest BCUT2D eigenvalue weighted by Crippen LogP contribution is -2.30. The zero-order chi connectivity index (χ0) is 19.4. The maximum atomic E-state index is 12.3. The van der Waals surface area contributed by atoms with Gasteiger partial charge in [0.05, 0.1) is 0 Å². The topological polar surface area (TPSA) is 71.8 Å². The van der Waals surface area contributed by atoms with Crippen LogP contribution in [-0.2, 0) is 9.53 Å². The van der Waals surface area contributed by atoms with Crippen LogP contribution in [0.15, 0.2) is 34.7 Å². The molecule has 1 amide bonds. The summed E-state index contributed by atoms with van der Waals surface area (Å²) in [4.78, 5) is 26.9. The van der Waals surface area contributed by atoms with Gasteiger partial charge in [0.25, 0.3) is 5.91 Å². The molecular formula is C21H26N2O4. The van der Waals surface area contributed by atoms with Gasteiger partial charge in [-0.15, -0.1) is 0 Å². The van der Waals surface area contributed by atoms with E-state index in [1.807, 2.05) is 24.3 Å². The van der Waals surface area contributed by atoms with E-state index in [-0.39, 0.29) is 5.91 Å². The Bertz CT molecular complexity index is 804. The fourth-order valence-corrected chi connectivity index (χ4v) is 3.26. The molecule has 1 aliphatic rings. The van der Waals surface area contributed by atoms with E-state index in [4.69, 9.17) is 9.15 Å². The summed E-state index contributed by atoms with van der Waals surface area (Å²) in [6.45, 7) is 7.15. The Labute approximate surface area is 159 Å². The molecule has 1 fully saturated rings. The summed E-state index contributed by atoms with van der Waals surface area (Å²) in [5.41, 5.74) is 2.19. The third-order valence-electron chi connectivity index (χ3n) is 4.77. The number of piperidine rings is 1. The monoisotopic (exact) mass is 370 g/mol. The Morgan fingerprint density at radius 2 is 1.78 bits per heavy atom. The molecule has 2 aromatic rings. The molecule has 144 valence electrons. The minimum absolute atomic E-state index is 0.345. The lowest BCUT2D eigenvalue weighted by Gasteiger charge is -2.28. The first-order valence-corrected chi connectivity index (χ1v) is 9.38. The molecule has 1 aromatic heterocycles. The second-order valence-corrected chi connectivity index (χ2v) is 6.96. The van der Waals surface area contributed by atoms with Crippen LogP contribution in [-0.4, -0.2) is 31.1 Å². The normalized spacial score (nSPS) is 15.3. The van der Waals surface area contributed by atoms with Gasteiger partial charge >= 0.3 is 5.97 Å². The van der Waals surface area contributed by atoms with Crippen LogP contribution >= 0.6 is 0 Å². The maximum Gasteiger partial charge on any atom is 0.342 e. The molecule has 6 nitrogen and oxygen atoms in total. The van der Waals surface area contributed by atoms with Crippen molar-refractivity contribution in [1.29, 1.82) is 0 Å². The number of nitrogens with zero attached hydrogens (tertiary/aromatic N) is 1. The van der Waals surface area contributed by atoms with Gasteiger partial charge in [-0.1, -0.05) is 0 Å². The van der Waals surface area contributed by atoms with E-state index >= 15 is 0 Å². The van der Waals surface area contributed by atoms with Crippen molar-refractivity contribution in [2.45, 2.75) is 46.1 Å². The van der Waals surface area contributed by atoms with Gasteiger partial charge in [0, 0.05) is 24.5 Å². The van der Waals surface area contributed by atoms with Crippen LogP contribution in [0.3, 0.4) is 0 Å². The van der Waals surface area contributed by atoms with Gasteiger partial charge < -0.3 is 19.4 Å². The lowest BCUT2D eigenvalue weighted by molar-refractivity contribution is -0.123. The number of furan rings is 1. The highest BCUT2D eigenvalue weighted by Gasteiger charge is 2.22. The summed E-state index contributed by atoms with van der Waals surface area (Å²) in [5.74, 6) is 0.183. The number of hydrogen-bond donors (Lipinski definition) is 1. The number of rotatable bonds is 5. The number of carbonyl (C=O) groups is 2. The smallest absolute Gasteiger partial charge is 0.342 e. The van der Waals surface area contributed by atoms with Crippen LogP contribution < -0.4 is 10.2 Å². The molecule has 1 aliphatic heterocycles. The number of esters is 1. The van der Waals surface area contributed by atoms with Crippen molar-refractivity contribution in [3.05, 3.63) is 47.4 Å². The number of hydrogen-bond acceptors (Lipinski definition) is 5. The quantitative estimate of drug-likeness (QED) is 0.803. The molecule has 0 unspecified atom stereocenters. The van der Waals surface area contributed by atoms with E-state index in [0.717, 1.165) is 18.8 Å². The van der Waals surface area contributed by atoms with Gasteiger partial charge in [-0.3, -0.25) is 4.79 Å². The first kappa shape index (κ1) is 19.0. The molecule has 1 saturated heterocycles. The molecule has 3 rings (SSSR count). The Balaban J connectivity index is 1.56. The number of anilines is 2. The van der Waals surface area contributed by atoms with Crippen molar-refractivity contribution >= 4 is 23.3 Å². The summed E-state index contributed by atoms with van der Waals surface area (Å²) >= 11 is 0. The molecule has 0 radical (unpaired) electrons. The Kier molecular flexibility index (Phi) is 5.84. The van der Waals surface area contributed by atoms with E-state index in [1.54, 1.807) is 26.8 Å². The summed E-state index contributed by atoms with van der Waals surface area (Å²) in [6, 6.07) is 9.38. The second kappa shape index (κ2) is 8.29. The minimum atomic E-state index is -0.908. The summed E-state index contributed by atoms with van der Waals surface area (Å²) in [7, 11) is 0. The number of carbonyl (C=O) groups excluding carboxylic acids is 2. The highest BCUT2D eigenvalue weighted by molar-refractivity contribution is 5.97. The summed E-state index contributed by atoms with van der Waals surface area (Å²) in [6.07, 6.45) is 2.82. The third kappa shape index (κ3) is 4.70. The molecule has 1 N–H and O–H groups in total. The average Bonchev–Trinajstić information content (AvgIpc) is 3.01. The third-order valence-corrected chi connectivity index (χ3v) is 4.77. The Hall–Kier alpha value is -2.76. The molecular weight excluding hydrogens is 344 g/mol. The zero-order valence-corrected chi connectivity index (χ0v) is 16.1. The number of ether oxygens (including phenoxy) is 1. The lowest BCUT2D eigenvalue weighted by atomic mass is 10.1. The van der Waals surface area contributed by atoms with E-state index in [2.05, 4.69) is 10.2 Å². The van der Waals surface area contributed by atoms with E-state index < -0.39 is 12.1 Å². The maximum absolute atomic E-state index is 12.3. The Morgan fingerprint density at radius 3 is 2.37 bits per heavy atom. The van der Waals surface area contributed by atoms with Crippen LogP contribution in [0.2, 0.25) is 0 Å². The fourth-order valence-electron chi connectivity index (χ4n) is 3.26. The van der Waals surface area contributed by atoms with Gasteiger partial charge in [-0.05, 0) is 70.4 Å². The van der Waals surface area contributed by atoms with Crippen LogP contribution in [0.25, 0.3) is 0 Å². The number of nitrogens with one attached hydrogen (secondary N) is 1. The van der Waals surface area contributed by atoms with Gasteiger partial charge in [-0.25, -0.2) is 4.79 Å². The van der Waals surface area contributed by atoms with E-state index in [9.17, 15) is 9.59 Å². The molecule has 0 aliphatic carbocycles. The predicted octanol–water partition coefficient (Wildman–Crippen LogP) is 4.07. The second-order valence-electron chi connectivity index (χ2n) is 6.96. The van der Waals surface area contributed by atoms with Crippen molar-refractivity contribution in [1.82, 2.24) is 0 Å². The minimum Gasteiger partial charge on any atom is -0.466 e. The molecule has 27 heavy (non-hydrogen) atoms. The van der Waals surface area contributed by atoms with Crippen LogP contribution in [0.1, 0.15) is 48.1 Å². The summed E-state index contributed by atoms with van der Waals surface area (Å²) < 4.78 is 10.6. The predicted molar refractivity (Wildman–Crippen MR) is 104 cm³/mol. The first-order valence-electron chi connectivity index (χ1n) is 9.38. The largest absolute Gasteiger partial charge is 0.466 e. The Morgan fingerprint density at radius 1 is 1.11 bits per heavy atom. The molecule has 1 aromatic carbocycles. The molecule has 0 spiro atoms. The molecule has 2 heterocycles. The van der Waals surface area contributed by atoms with E-state index in [0.29, 0.717) is 22.8 Å². The zero-order valence-electron chi connectivity index (χ0n) is 16.1. The first-order chi connectivity index (χ1) is 12.9. The van der Waals surface area contributed by atoms with Gasteiger partial charge in [0.15, 0.2) is 6.10 Å². The van der Waals surface area contributed by atoms with Crippen molar-refractivity contribution < 1.29 is 18.7 Å². The molecule has 1 atom stereocenters. The highest BCUT2D eigenvalue weighted by atomic mass is 16.5. The van der Waals surface area contributed by atoms with Crippen molar-refractivity contribution in [2.75, 3.05) is 23.3 Å². The van der Waals surface area contributed by atoms with Gasteiger partial charge in [0.2, 0.25) is 0 Å². The summed E-state index contributed by atoms with van der Waals surface area (Å²) in [5, 5.41) is 2.79. The van der Waals surface area contributed by atoms with Crippen LogP contribution in [0, 0.1) is 13.8 Å². The van der Waals surface area contributed by atoms with Crippen LogP contribution in [0.5, 0.6) is 0 Å². The highest BCUT2D eigenvalue weighted by Crippen LogP contribution is 2.22. The van der Waals surface area contributed by atoms with Crippen LogP contribution in [0.4, 0.5) is 11.4 Å². The fraction of sp³-hybridized carbons (Fsp3) is 0.429. The van der Waals surface area contributed by atoms with Gasteiger partial charge in [-0.2, -0.15) is 0 Å². The number of benzene rings is 1.